The monoisotopic (exact) mass is 346 g/mol. The van der Waals surface area contributed by atoms with Crippen LogP contribution in [0.1, 0.15) is 0 Å². The Morgan fingerprint density at radius 2 is 1.62 bits per heavy atom. The van der Waals surface area contributed by atoms with Crippen LogP contribution in [-0.2, 0) is 10.0 Å². The molecule has 0 unspecified atom stereocenters. The Bertz CT molecular complexity index is 738. The summed E-state index contributed by atoms with van der Waals surface area (Å²) in [4.78, 5) is -0.212. The van der Waals surface area contributed by atoms with E-state index in [1.165, 1.54) is 19.2 Å². The third-order valence-electron chi connectivity index (χ3n) is 2.63. The van der Waals surface area contributed by atoms with Gasteiger partial charge >= 0.3 is 0 Å². The third kappa shape index (κ3) is 3.53. The van der Waals surface area contributed by atoms with Gasteiger partial charge in [0, 0.05) is 11.4 Å². The highest BCUT2D eigenvalue weighted by Gasteiger charge is 2.22. The van der Waals surface area contributed by atoms with Crippen LogP contribution in [0.4, 0.5) is 11.4 Å². The van der Waals surface area contributed by atoms with Crippen LogP contribution in [0, 0.1) is 0 Å². The van der Waals surface area contributed by atoms with Crippen molar-refractivity contribution >= 4 is 44.6 Å². The first-order valence-corrected chi connectivity index (χ1v) is 7.99. The number of nitrogens with one attached hydrogen (secondary N) is 1. The number of ether oxygens (including phenoxy) is 1. The molecule has 8 heteroatoms. The van der Waals surface area contributed by atoms with Gasteiger partial charge in [0.25, 0.3) is 10.0 Å². The van der Waals surface area contributed by atoms with Gasteiger partial charge in [-0.15, -0.1) is 0 Å². The van der Waals surface area contributed by atoms with E-state index >= 15 is 0 Å². The number of benzene rings is 2. The number of nitrogen functional groups attached to an aromatic ring is 1. The molecule has 0 spiro atoms. The van der Waals surface area contributed by atoms with Gasteiger partial charge in [-0.05, 0) is 36.4 Å². The molecule has 0 aliphatic rings. The van der Waals surface area contributed by atoms with Crippen molar-refractivity contribution in [2.45, 2.75) is 4.90 Å². The van der Waals surface area contributed by atoms with Crippen LogP contribution in [0.25, 0.3) is 0 Å². The fraction of sp³-hybridized carbons (Fsp3) is 0.0769. The summed E-state index contributed by atoms with van der Waals surface area (Å²) in [5, 5.41) is -0.0815. The fourth-order valence-electron chi connectivity index (χ4n) is 1.70. The zero-order valence-electron chi connectivity index (χ0n) is 10.9. The predicted molar refractivity (Wildman–Crippen MR) is 84.7 cm³/mol. The number of rotatable bonds is 4. The minimum Gasteiger partial charge on any atom is -0.497 e. The van der Waals surface area contributed by atoms with Crippen molar-refractivity contribution in [2.24, 2.45) is 0 Å². The topological polar surface area (TPSA) is 81.4 Å². The van der Waals surface area contributed by atoms with Gasteiger partial charge in [-0.1, -0.05) is 23.2 Å². The lowest BCUT2D eigenvalue weighted by molar-refractivity contribution is 0.415. The van der Waals surface area contributed by atoms with Crippen molar-refractivity contribution in [3.8, 4) is 5.75 Å². The second-order valence-corrected chi connectivity index (χ2v) is 6.58. The second-order valence-electron chi connectivity index (χ2n) is 4.15. The zero-order chi connectivity index (χ0) is 15.6. The molecule has 0 aliphatic carbocycles. The summed E-state index contributed by atoms with van der Waals surface area (Å²) in [6, 6.07) is 9.05. The van der Waals surface area contributed by atoms with E-state index < -0.39 is 10.0 Å². The van der Waals surface area contributed by atoms with E-state index in [1.54, 1.807) is 24.3 Å². The molecule has 3 N–H and O–H groups in total. The van der Waals surface area contributed by atoms with Gasteiger partial charge in [-0.3, -0.25) is 4.72 Å². The van der Waals surface area contributed by atoms with Crippen molar-refractivity contribution in [3.63, 3.8) is 0 Å². The van der Waals surface area contributed by atoms with Crippen LogP contribution in [0.15, 0.2) is 41.3 Å². The molecule has 0 heterocycles. The van der Waals surface area contributed by atoms with Crippen LogP contribution >= 0.6 is 23.2 Å². The van der Waals surface area contributed by atoms with Crippen molar-refractivity contribution in [1.29, 1.82) is 0 Å². The molecule has 2 rings (SSSR count). The summed E-state index contributed by atoms with van der Waals surface area (Å²) in [6.07, 6.45) is 0. The van der Waals surface area contributed by atoms with Gasteiger partial charge < -0.3 is 10.5 Å². The molecule has 21 heavy (non-hydrogen) atoms. The number of methoxy groups -OCH3 is 1. The molecule has 2 aromatic rings. The number of hydrogen-bond acceptors (Lipinski definition) is 4. The first kappa shape index (κ1) is 15.8. The molecule has 0 aromatic heterocycles. The lowest BCUT2D eigenvalue weighted by atomic mass is 10.3. The van der Waals surface area contributed by atoms with Crippen molar-refractivity contribution in [2.75, 3.05) is 17.6 Å². The Morgan fingerprint density at radius 3 is 2.10 bits per heavy atom. The Morgan fingerprint density at radius 1 is 1.10 bits per heavy atom. The van der Waals surface area contributed by atoms with E-state index in [1.807, 2.05) is 0 Å². The maximum Gasteiger partial charge on any atom is 0.264 e. The SMILES string of the molecule is COc1ccc(NS(=O)(=O)c2c(Cl)cc(N)cc2Cl)cc1. The van der Waals surface area contributed by atoms with Crippen LogP contribution in [0.2, 0.25) is 10.0 Å². The van der Waals surface area contributed by atoms with E-state index in [-0.39, 0.29) is 20.6 Å². The lowest BCUT2D eigenvalue weighted by Crippen LogP contribution is -2.14. The van der Waals surface area contributed by atoms with Gasteiger partial charge in [0.1, 0.15) is 10.6 Å². The Balaban J connectivity index is 2.38. The molecule has 0 radical (unpaired) electrons. The first-order valence-electron chi connectivity index (χ1n) is 5.75. The second kappa shape index (κ2) is 6.01. The van der Waals surface area contributed by atoms with Gasteiger partial charge in [0.15, 0.2) is 0 Å². The highest BCUT2D eigenvalue weighted by Crippen LogP contribution is 2.33. The smallest absolute Gasteiger partial charge is 0.264 e. The summed E-state index contributed by atoms with van der Waals surface area (Å²) in [5.74, 6) is 0.612. The number of sulfonamides is 1. The molecule has 112 valence electrons. The molecule has 0 aliphatic heterocycles. The van der Waals surface area contributed by atoms with E-state index in [4.69, 9.17) is 33.7 Å². The molecular weight excluding hydrogens is 335 g/mol. The highest BCUT2D eigenvalue weighted by molar-refractivity contribution is 7.93. The first-order chi connectivity index (χ1) is 9.83. The highest BCUT2D eigenvalue weighted by atomic mass is 35.5. The standard InChI is InChI=1S/C13H12Cl2N2O3S/c1-20-10-4-2-9(3-5-10)17-21(18,19)13-11(14)6-8(16)7-12(13)15/h2-7,17H,16H2,1H3. The number of anilines is 2. The van der Waals surface area contributed by atoms with Crippen molar-refractivity contribution < 1.29 is 13.2 Å². The minimum atomic E-state index is -3.92. The molecule has 0 atom stereocenters. The maximum atomic E-state index is 12.4. The molecule has 0 bridgehead atoms. The molecule has 0 saturated heterocycles. The van der Waals surface area contributed by atoms with E-state index in [2.05, 4.69) is 4.72 Å². The lowest BCUT2D eigenvalue weighted by Gasteiger charge is -2.12. The fourth-order valence-corrected chi connectivity index (χ4v) is 3.99. The number of nitrogens with two attached hydrogens (primary N) is 1. The minimum absolute atomic E-state index is 0.0407. The van der Waals surface area contributed by atoms with Crippen LogP contribution in [-0.4, -0.2) is 15.5 Å². The summed E-state index contributed by atoms with van der Waals surface area (Å²) >= 11 is 11.9. The molecule has 0 saturated carbocycles. The van der Waals surface area contributed by atoms with Crippen LogP contribution < -0.4 is 15.2 Å². The molecule has 0 amide bonds. The number of hydrogen-bond donors (Lipinski definition) is 2. The predicted octanol–water partition coefficient (Wildman–Crippen LogP) is 3.39. The Labute approximate surface area is 132 Å². The number of halogens is 2. The Hall–Kier alpha value is -1.63. The van der Waals surface area contributed by atoms with Gasteiger partial charge in [0.05, 0.1) is 17.2 Å². The average molecular weight is 347 g/mol. The van der Waals surface area contributed by atoms with Gasteiger partial charge in [-0.25, -0.2) is 8.42 Å². The quantitative estimate of drug-likeness (QED) is 0.831. The van der Waals surface area contributed by atoms with E-state index in [0.29, 0.717) is 11.4 Å². The Kier molecular flexibility index (Phi) is 4.51. The van der Waals surface area contributed by atoms with Gasteiger partial charge in [0.2, 0.25) is 0 Å². The van der Waals surface area contributed by atoms with Gasteiger partial charge in [-0.2, -0.15) is 0 Å². The maximum absolute atomic E-state index is 12.4. The van der Waals surface area contributed by atoms with E-state index in [0.717, 1.165) is 0 Å². The van der Waals surface area contributed by atoms with Crippen molar-refractivity contribution in [1.82, 2.24) is 0 Å². The van der Waals surface area contributed by atoms with Crippen molar-refractivity contribution in [3.05, 3.63) is 46.4 Å². The third-order valence-corrected chi connectivity index (χ3v) is 4.93. The molecule has 0 fully saturated rings. The van der Waals surface area contributed by atoms with Crippen LogP contribution in [0.3, 0.4) is 0 Å². The summed E-state index contributed by atoms with van der Waals surface area (Å²) < 4.78 is 32.1. The molecule has 5 nitrogen and oxygen atoms in total. The van der Waals surface area contributed by atoms with E-state index in [9.17, 15) is 8.42 Å². The average Bonchev–Trinajstić information content (AvgIpc) is 2.37. The summed E-state index contributed by atoms with van der Waals surface area (Å²) in [6.45, 7) is 0. The molecule has 2 aromatic carbocycles. The zero-order valence-corrected chi connectivity index (χ0v) is 13.3. The summed E-state index contributed by atoms with van der Waals surface area (Å²) in [5.41, 5.74) is 6.20. The van der Waals surface area contributed by atoms with Crippen LogP contribution in [0.5, 0.6) is 5.75 Å². The largest absolute Gasteiger partial charge is 0.497 e. The normalized spacial score (nSPS) is 11.2. The molecular formula is C13H12Cl2N2O3S. The summed E-state index contributed by atoms with van der Waals surface area (Å²) in [7, 11) is -2.40.